The van der Waals surface area contributed by atoms with Crippen LogP contribution in [0.5, 0.6) is 0 Å². The Kier molecular flexibility index (Phi) is 21.8. The van der Waals surface area contributed by atoms with Gasteiger partial charge in [-0.3, -0.25) is 9.00 Å². The maximum atomic E-state index is 10.5. The number of hydrogen-bond acceptors (Lipinski definition) is 11. The molecule has 0 aromatic rings. The SMILES string of the molecule is O=C(CO)[C@@H](O)[C@H](O)[C@H](O)CO.O=S([O-])S(=O)(=O)[O-].[Na+].[Na+]. The molecular formula is C6H12Na2O11S2. The van der Waals surface area contributed by atoms with Gasteiger partial charge in [0.2, 0.25) is 0 Å². The van der Waals surface area contributed by atoms with Gasteiger partial charge in [0.05, 0.1) is 16.7 Å². The molecule has 5 N–H and O–H groups in total. The van der Waals surface area contributed by atoms with Crippen LogP contribution in [0.25, 0.3) is 0 Å². The Morgan fingerprint density at radius 1 is 1.14 bits per heavy atom. The topological polar surface area (TPSA) is 216 Å². The molecule has 0 aliphatic rings. The van der Waals surface area contributed by atoms with Crippen LogP contribution >= 0.6 is 0 Å². The van der Waals surface area contributed by atoms with Gasteiger partial charge in [-0.15, -0.1) is 0 Å². The zero-order valence-corrected chi connectivity index (χ0v) is 16.8. The summed E-state index contributed by atoms with van der Waals surface area (Å²) in [4.78, 5) is 10.5. The van der Waals surface area contributed by atoms with Crippen molar-refractivity contribution >= 4 is 25.0 Å². The molecular weight excluding hydrogens is 358 g/mol. The van der Waals surface area contributed by atoms with Crippen molar-refractivity contribution in [3.05, 3.63) is 0 Å². The molecule has 4 atom stereocenters. The van der Waals surface area contributed by atoms with E-state index in [-0.39, 0.29) is 59.1 Å². The Morgan fingerprint density at radius 3 is 1.67 bits per heavy atom. The monoisotopic (exact) mass is 370 g/mol. The Balaban J connectivity index is -0.000000140. The van der Waals surface area contributed by atoms with Gasteiger partial charge in [-0.05, 0) is 0 Å². The molecule has 0 amide bonds. The molecule has 0 aromatic heterocycles. The van der Waals surface area contributed by atoms with Crippen LogP contribution in [0.4, 0.5) is 0 Å². The summed E-state index contributed by atoms with van der Waals surface area (Å²) in [5, 5.41) is 43.1. The van der Waals surface area contributed by atoms with Gasteiger partial charge in [0.15, 0.2) is 14.9 Å². The maximum Gasteiger partial charge on any atom is 1.00 e. The summed E-state index contributed by atoms with van der Waals surface area (Å²) in [6.07, 6.45) is -5.22. The molecule has 116 valence electrons. The predicted octanol–water partition coefficient (Wildman–Crippen LogP) is -11.0. The number of hydrogen-bond donors (Lipinski definition) is 5. The first-order chi connectivity index (χ1) is 8.48. The smallest absolute Gasteiger partial charge is 0.761 e. The fourth-order valence-electron chi connectivity index (χ4n) is 0.602. The largest absolute Gasteiger partial charge is 1.00 e. The van der Waals surface area contributed by atoms with Crippen LogP contribution in [0.2, 0.25) is 0 Å². The Bertz CT molecular complexity index is 400. The van der Waals surface area contributed by atoms with E-state index < -0.39 is 56.6 Å². The van der Waals surface area contributed by atoms with Gasteiger partial charge in [0, 0.05) is 0 Å². The molecule has 0 saturated heterocycles. The fraction of sp³-hybridized carbons (Fsp3) is 0.833. The summed E-state index contributed by atoms with van der Waals surface area (Å²) in [7, 11) is -8.59. The van der Waals surface area contributed by atoms with Crippen LogP contribution in [-0.2, 0) is 24.1 Å². The van der Waals surface area contributed by atoms with Crippen molar-refractivity contribution in [1.29, 1.82) is 0 Å². The van der Waals surface area contributed by atoms with E-state index in [0.29, 0.717) is 0 Å². The van der Waals surface area contributed by atoms with E-state index in [0.717, 1.165) is 0 Å². The molecule has 15 heteroatoms. The molecule has 0 spiro atoms. The minimum absolute atomic E-state index is 0. The first-order valence-corrected chi connectivity index (χ1v) is 7.33. The number of Topliss-reactive ketones (excluding diaryl/α,β-unsaturated/α-hetero) is 1. The molecule has 21 heavy (non-hydrogen) atoms. The number of aliphatic hydroxyl groups is 5. The van der Waals surface area contributed by atoms with E-state index in [4.69, 9.17) is 47.3 Å². The normalized spacial score (nSPS) is 16.0. The van der Waals surface area contributed by atoms with Crippen molar-refractivity contribution in [3.63, 3.8) is 0 Å². The van der Waals surface area contributed by atoms with Crippen LogP contribution in [0, 0.1) is 0 Å². The molecule has 0 saturated carbocycles. The summed E-state index contributed by atoms with van der Waals surface area (Å²) in [5.41, 5.74) is 0. The van der Waals surface area contributed by atoms with E-state index in [2.05, 4.69) is 0 Å². The second-order valence-electron chi connectivity index (χ2n) is 2.92. The van der Waals surface area contributed by atoms with Crippen molar-refractivity contribution in [3.8, 4) is 0 Å². The van der Waals surface area contributed by atoms with Gasteiger partial charge in [-0.1, -0.05) is 0 Å². The standard InChI is InChI=1S/C6H12O6.2Na.H2O5S2/c7-1-3(9)5(11)6(12)4(10)2-8;;;1-6(2)7(3,4)5/h3,5-9,11-12H,1-2H2;;;(H,1,2)(H,3,4,5)/q;2*+1;/p-2/t3-,5-,6-;;;/m1.../s1. The maximum absolute atomic E-state index is 10.5. The van der Waals surface area contributed by atoms with Crippen molar-refractivity contribution < 1.29 is 111 Å². The van der Waals surface area contributed by atoms with Crippen LogP contribution in [0.3, 0.4) is 0 Å². The van der Waals surface area contributed by atoms with E-state index in [1.165, 1.54) is 0 Å². The third kappa shape index (κ3) is 14.8. The van der Waals surface area contributed by atoms with Crippen LogP contribution in [-0.4, -0.2) is 84.6 Å². The quantitative estimate of drug-likeness (QED) is 0.128. The Labute approximate surface area is 166 Å². The summed E-state index contributed by atoms with van der Waals surface area (Å²) in [6, 6.07) is 0. The van der Waals surface area contributed by atoms with Crippen molar-refractivity contribution in [2.24, 2.45) is 0 Å². The minimum Gasteiger partial charge on any atom is -0.761 e. The van der Waals surface area contributed by atoms with E-state index in [1.807, 2.05) is 0 Å². The van der Waals surface area contributed by atoms with Crippen LogP contribution in [0.1, 0.15) is 0 Å². The fourth-order valence-corrected chi connectivity index (χ4v) is 0.602. The summed E-state index contributed by atoms with van der Waals surface area (Å²) in [5.74, 6) is -1.00. The van der Waals surface area contributed by atoms with Gasteiger partial charge >= 0.3 is 59.1 Å². The van der Waals surface area contributed by atoms with Crippen molar-refractivity contribution in [1.82, 2.24) is 0 Å². The Morgan fingerprint density at radius 2 is 1.48 bits per heavy atom. The minimum atomic E-state index is -5.07. The van der Waals surface area contributed by atoms with Crippen molar-refractivity contribution in [2.75, 3.05) is 13.2 Å². The van der Waals surface area contributed by atoms with Gasteiger partial charge in [-0.25, -0.2) is 8.42 Å². The molecule has 0 heterocycles. The molecule has 1 unspecified atom stereocenters. The molecule has 0 radical (unpaired) electrons. The van der Waals surface area contributed by atoms with E-state index >= 15 is 0 Å². The van der Waals surface area contributed by atoms with Crippen LogP contribution < -0.4 is 59.1 Å². The summed E-state index contributed by atoms with van der Waals surface area (Å²) in [6.45, 7) is -1.69. The van der Waals surface area contributed by atoms with E-state index in [1.54, 1.807) is 0 Å². The summed E-state index contributed by atoms with van der Waals surface area (Å²) >= 11 is 0. The summed E-state index contributed by atoms with van der Waals surface area (Å²) < 4.78 is 45.7. The van der Waals surface area contributed by atoms with Crippen LogP contribution in [0.15, 0.2) is 0 Å². The van der Waals surface area contributed by atoms with Gasteiger partial charge in [0.25, 0.3) is 0 Å². The van der Waals surface area contributed by atoms with E-state index in [9.17, 15) is 4.79 Å². The predicted molar refractivity (Wildman–Crippen MR) is 55.8 cm³/mol. The number of aliphatic hydroxyl groups excluding tert-OH is 5. The third-order valence-corrected chi connectivity index (χ3v) is 2.89. The molecule has 0 rings (SSSR count). The molecule has 11 nitrogen and oxygen atoms in total. The number of rotatable bonds is 6. The number of ketones is 1. The zero-order chi connectivity index (χ0) is 15.8. The third-order valence-electron chi connectivity index (χ3n) is 1.56. The average molecular weight is 370 g/mol. The molecule has 0 fully saturated rings. The number of carbonyl (C=O) groups excluding carboxylic acids is 1. The number of carbonyl (C=O) groups is 1. The van der Waals surface area contributed by atoms with Gasteiger partial charge in [-0.2, -0.15) is 0 Å². The molecule has 0 aliphatic carbocycles. The first kappa shape index (κ1) is 30.4. The first-order valence-electron chi connectivity index (χ1n) is 4.33. The Hall–Kier alpha value is 1.49. The molecule has 0 bridgehead atoms. The van der Waals surface area contributed by atoms with Gasteiger partial charge < -0.3 is 34.6 Å². The molecule has 0 aliphatic heterocycles. The second-order valence-corrected chi connectivity index (χ2v) is 6.19. The van der Waals surface area contributed by atoms with Gasteiger partial charge in [0.1, 0.15) is 24.9 Å². The second kappa shape index (κ2) is 15.0. The average Bonchev–Trinajstić information content (AvgIpc) is 2.34. The zero-order valence-electron chi connectivity index (χ0n) is 11.1. The molecule has 0 aromatic carbocycles. The van der Waals surface area contributed by atoms with Crippen molar-refractivity contribution in [2.45, 2.75) is 18.3 Å².